The molecule has 0 spiro atoms. The van der Waals surface area contributed by atoms with Gasteiger partial charge in [-0.05, 0) is 31.2 Å². The predicted molar refractivity (Wildman–Crippen MR) is 119 cm³/mol. The first-order valence-electron chi connectivity index (χ1n) is 11.7. The predicted octanol–water partition coefficient (Wildman–Crippen LogP) is 6.50. The van der Waals surface area contributed by atoms with Gasteiger partial charge in [0.05, 0.1) is 18.8 Å². The summed E-state index contributed by atoms with van der Waals surface area (Å²) in [6.07, 6.45) is 13.9. The third kappa shape index (κ3) is 15.2. The van der Waals surface area contributed by atoms with E-state index in [0.29, 0.717) is 13.0 Å². The number of aliphatic hydroxyl groups is 1. The molecule has 1 rings (SSSR count). The second-order valence-corrected chi connectivity index (χ2v) is 8.20. The molecule has 0 fully saturated rings. The Hall–Kier alpha value is -1.39. The fourth-order valence-corrected chi connectivity index (χ4v) is 3.62. The van der Waals surface area contributed by atoms with Crippen molar-refractivity contribution in [2.45, 2.75) is 116 Å². The van der Waals surface area contributed by atoms with Crippen LogP contribution in [0.15, 0.2) is 30.3 Å². The second kappa shape index (κ2) is 17.5. The zero-order chi connectivity index (χ0) is 21.2. The highest BCUT2D eigenvalue weighted by Crippen LogP contribution is 2.17. The number of carboxylic acids is 1. The van der Waals surface area contributed by atoms with Crippen LogP contribution in [0, 0.1) is 0 Å². The number of rotatable bonds is 19. The maximum Gasteiger partial charge on any atom is 0.303 e. The Morgan fingerprint density at radius 1 is 0.862 bits per heavy atom. The van der Waals surface area contributed by atoms with Crippen LogP contribution < -0.4 is 0 Å². The van der Waals surface area contributed by atoms with E-state index in [1.54, 1.807) is 0 Å². The molecule has 0 saturated carbocycles. The van der Waals surface area contributed by atoms with E-state index in [1.165, 1.54) is 32.1 Å². The number of hydrogen-bond donors (Lipinski definition) is 2. The van der Waals surface area contributed by atoms with E-state index < -0.39 is 5.97 Å². The summed E-state index contributed by atoms with van der Waals surface area (Å²) in [5.74, 6) is -0.767. The zero-order valence-electron chi connectivity index (χ0n) is 18.4. The number of aliphatic hydroxyl groups excluding tert-OH is 1. The summed E-state index contributed by atoms with van der Waals surface area (Å²) >= 11 is 0. The number of carbonyl (C=O) groups is 1. The lowest BCUT2D eigenvalue weighted by Crippen LogP contribution is -2.15. The van der Waals surface area contributed by atoms with Crippen molar-refractivity contribution >= 4 is 5.97 Å². The van der Waals surface area contributed by atoms with Crippen molar-refractivity contribution in [2.24, 2.45) is 0 Å². The van der Waals surface area contributed by atoms with Crippen LogP contribution in [0.3, 0.4) is 0 Å². The Labute approximate surface area is 177 Å². The number of benzene rings is 1. The van der Waals surface area contributed by atoms with Crippen molar-refractivity contribution in [3.8, 4) is 0 Å². The fourth-order valence-electron chi connectivity index (χ4n) is 3.62. The van der Waals surface area contributed by atoms with Gasteiger partial charge in [0, 0.05) is 6.42 Å². The topological polar surface area (TPSA) is 66.8 Å². The van der Waals surface area contributed by atoms with E-state index in [4.69, 9.17) is 9.84 Å². The molecule has 0 aliphatic carbocycles. The molecule has 29 heavy (non-hydrogen) atoms. The van der Waals surface area contributed by atoms with E-state index in [1.807, 2.05) is 30.3 Å². The minimum atomic E-state index is -0.767. The molecular weight excluding hydrogens is 364 g/mol. The van der Waals surface area contributed by atoms with Gasteiger partial charge in [0.15, 0.2) is 0 Å². The molecule has 0 heterocycles. The summed E-state index contributed by atoms with van der Waals surface area (Å²) in [5.41, 5.74) is 1.12. The fraction of sp³-hybridized carbons (Fsp3) is 0.720. The molecule has 1 aromatic rings. The van der Waals surface area contributed by atoms with Crippen LogP contribution in [0.25, 0.3) is 0 Å². The summed E-state index contributed by atoms with van der Waals surface area (Å²) in [5, 5.41) is 19.1. The summed E-state index contributed by atoms with van der Waals surface area (Å²) in [7, 11) is 0. The highest BCUT2D eigenvalue weighted by atomic mass is 16.5. The largest absolute Gasteiger partial charge is 0.481 e. The molecule has 0 aliphatic heterocycles. The van der Waals surface area contributed by atoms with Crippen LogP contribution in [-0.4, -0.2) is 28.4 Å². The van der Waals surface area contributed by atoms with Gasteiger partial charge in [0.1, 0.15) is 0 Å². The Morgan fingerprint density at radius 3 is 2.10 bits per heavy atom. The van der Waals surface area contributed by atoms with Crippen molar-refractivity contribution in [3.05, 3.63) is 35.9 Å². The minimum Gasteiger partial charge on any atom is -0.481 e. The molecule has 2 atom stereocenters. The molecule has 0 aliphatic rings. The standard InChI is InChI=1S/C25H42O4/c1-2-3-4-5-6-11-16-23(26)17-12-8-13-18-24(19-20-25(27)28)29-21-22-14-9-7-10-15-22/h7,9-10,14-15,23-24,26H,2-6,8,11-13,16-21H2,1H3,(H,27,28). The van der Waals surface area contributed by atoms with Crippen molar-refractivity contribution in [1.82, 2.24) is 0 Å². The summed E-state index contributed by atoms with van der Waals surface area (Å²) in [4.78, 5) is 10.9. The molecule has 2 unspecified atom stereocenters. The zero-order valence-corrected chi connectivity index (χ0v) is 18.4. The Kier molecular flexibility index (Phi) is 15.4. The SMILES string of the molecule is CCCCCCCCC(O)CCCCCC(CCC(=O)O)OCc1ccccc1. The summed E-state index contributed by atoms with van der Waals surface area (Å²) < 4.78 is 5.99. The van der Waals surface area contributed by atoms with E-state index in [9.17, 15) is 9.90 Å². The maximum atomic E-state index is 10.9. The lowest BCUT2D eigenvalue weighted by molar-refractivity contribution is -0.138. The van der Waals surface area contributed by atoms with Crippen molar-refractivity contribution in [1.29, 1.82) is 0 Å². The highest BCUT2D eigenvalue weighted by molar-refractivity contribution is 5.66. The molecule has 0 saturated heterocycles. The molecule has 0 amide bonds. The summed E-state index contributed by atoms with van der Waals surface area (Å²) in [6.45, 7) is 2.76. The second-order valence-electron chi connectivity index (χ2n) is 8.20. The average Bonchev–Trinajstić information content (AvgIpc) is 2.72. The smallest absolute Gasteiger partial charge is 0.303 e. The summed E-state index contributed by atoms with van der Waals surface area (Å²) in [6, 6.07) is 10.0. The van der Waals surface area contributed by atoms with Gasteiger partial charge in [0.25, 0.3) is 0 Å². The number of carboxylic acid groups (broad SMARTS) is 1. The van der Waals surface area contributed by atoms with Crippen molar-refractivity contribution < 1.29 is 19.7 Å². The van der Waals surface area contributed by atoms with Crippen molar-refractivity contribution in [2.75, 3.05) is 0 Å². The molecule has 0 bridgehead atoms. The van der Waals surface area contributed by atoms with E-state index in [-0.39, 0.29) is 18.6 Å². The molecule has 166 valence electrons. The molecule has 0 radical (unpaired) electrons. The van der Waals surface area contributed by atoms with Gasteiger partial charge in [-0.1, -0.05) is 95.0 Å². The van der Waals surface area contributed by atoms with E-state index in [0.717, 1.165) is 50.5 Å². The van der Waals surface area contributed by atoms with Gasteiger partial charge in [0.2, 0.25) is 0 Å². The van der Waals surface area contributed by atoms with Crippen LogP contribution in [0.5, 0.6) is 0 Å². The number of hydrogen-bond acceptors (Lipinski definition) is 3. The quantitative estimate of drug-likeness (QED) is 0.257. The molecule has 2 N–H and O–H groups in total. The first kappa shape index (κ1) is 25.6. The monoisotopic (exact) mass is 406 g/mol. The van der Waals surface area contributed by atoms with E-state index >= 15 is 0 Å². The Morgan fingerprint density at radius 2 is 1.45 bits per heavy atom. The van der Waals surface area contributed by atoms with Gasteiger partial charge < -0.3 is 14.9 Å². The minimum absolute atomic E-state index is 0.0145. The van der Waals surface area contributed by atoms with Gasteiger partial charge in [-0.3, -0.25) is 4.79 Å². The van der Waals surface area contributed by atoms with Crippen LogP contribution in [-0.2, 0) is 16.1 Å². The molecule has 4 nitrogen and oxygen atoms in total. The van der Waals surface area contributed by atoms with Gasteiger partial charge in [-0.15, -0.1) is 0 Å². The molecule has 4 heteroatoms. The van der Waals surface area contributed by atoms with Gasteiger partial charge in [-0.2, -0.15) is 0 Å². The number of ether oxygens (including phenoxy) is 1. The Bertz CT molecular complexity index is 503. The van der Waals surface area contributed by atoms with Crippen LogP contribution >= 0.6 is 0 Å². The van der Waals surface area contributed by atoms with Gasteiger partial charge in [-0.25, -0.2) is 0 Å². The van der Waals surface area contributed by atoms with Crippen molar-refractivity contribution in [3.63, 3.8) is 0 Å². The van der Waals surface area contributed by atoms with Crippen LogP contribution in [0.1, 0.15) is 102 Å². The average molecular weight is 407 g/mol. The highest BCUT2D eigenvalue weighted by Gasteiger charge is 2.12. The van der Waals surface area contributed by atoms with Crippen LogP contribution in [0.4, 0.5) is 0 Å². The van der Waals surface area contributed by atoms with E-state index in [2.05, 4.69) is 6.92 Å². The van der Waals surface area contributed by atoms with Gasteiger partial charge >= 0.3 is 5.97 Å². The first-order chi connectivity index (χ1) is 14.1. The lowest BCUT2D eigenvalue weighted by Gasteiger charge is -2.17. The number of aliphatic carboxylic acids is 1. The van der Waals surface area contributed by atoms with Crippen LogP contribution in [0.2, 0.25) is 0 Å². The lowest BCUT2D eigenvalue weighted by atomic mass is 10.0. The maximum absolute atomic E-state index is 10.9. The normalized spacial score (nSPS) is 13.3. The Balaban J connectivity index is 2.13. The molecule has 1 aromatic carbocycles. The molecular formula is C25H42O4. The third-order valence-corrected chi connectivity index (χ3v) is 5.46. The third-order valence-electron chi connectivity index (χ3n) is 5.46. The number of unbranched alkanes of at least 4 members (excludes halogenated alkanes) is 7. The first-order valence-corrected chi connectivity index (χ1v) is 11.7. The molecule has 0 aromatic heterocycles.